The van der Waals surface area contributed by atoms with Crippen molar-refractivity contribution >= 4 is 11.3 Å². The molecule has 6 heteroatoms. The van der Waals surface area contributed by atoms with Gasteiger partial charge in [0.25, 0.3) is 0 Å². The Labute approximate surface area is 126 Å². The quantitative estimate of drug-likeness (QED) is 0.889. The summed E-state index contributed by atoms with van der Waals surface area (Å²) in [6.45, 7) is 3.18. The first-order valence-corrected chi connectivity index (χ1v) is 7.57. The van der Waals surface area contributed by atoms with E-state index in [1.165, 1.54) is 12.1 Å². The van der Waals surface area contributed by atoms with Crippen LogP contribution in [0, 0.1) is 18.6 Å². The van der Waals surface area contributed by atoms with E-state index in [0.717, 1.165) is 16.8 Å². The topological polar surface area (TPSA) is 36.4 Å². The highest BCUT2D eigenvalue weighted by atomic mass is 32.1. The van der Waals surface area contributed by atoms with E-state index >= 15 is 0 Å². The molecule has 3 nitrogen and oxygen atoms in total. The number of halogens is 2. The van der Waals surface area contributed by atoms with Crippen LogP contribution in [0.4, 0.5) is 8.78 Å². The molecule has 0 radical (unpaired) electrons. The Balaban J connectivity index is 1.88. The maximum atomic E-state index is 13.6. The van der Waals surface area contributed by atoms with Crippen molar-refractivity contribution in [2.24, 2.45) is 0 Å². The number of rotatable bonds is 6. The number of benzene rings is 1. The van der Waals surface area contributed by atoms with E-state index < -0.39 is 17.7 Å². The second kappa shape index (κ2) is 7.06. The monoisotopic (exact) mass is 312 g/mol. The third kappa shape index (κ3) is 4.30. The zero-order chi connectivity index (χ0) is 15.4. The minimum absolute atomic E-state index is 0.00732. The first-order chi connectivity index (χ1) is 9.97. The minimum atomic E-state index is -1.01. The Bertz CT molecular complexity index is 603. The number of aliphatic hydroxyl groups is 1. The lowest BCUT2D eigenvalue weighted by molar-refractivity contribution is 0.142. The molecule has 0 spiro atoms. The first-order valence-electron chi connectivity index (χ1n) is 6.69. The van der Waals surface area contributed by atoms with Crippen LogP contribution in [0.1, 0.15) is 28.8 Å². The van der Waals surface area contributed by atoms with Gasteiger partial charge in [-0.3, -0.25) is 0 Å². The van der Waals surface area contributed by atoms with Crippen molar-refractivity contribution in [3.63, 3.8) is 0 Å². The molecular formula is C15H18F2N2OS. The molecule has 2 rings (SSSR count). The van der Waals surface area contributed by atoms with Crippen molar-refractivity contribution in [2.45, 2.75) is 26.0 Å². The SMILES string of the molecule is Cc1nc(CN(C)CCC(O)c2cccc(F)c2F)cs1. The number of aliphatic hydroxyl groups excluding tert-OH is 1. The third-order valence-corrected chi connectivity index (χ3v) is 4.05. The first kappa shape index (κ1) is 16.0. The maximum Gasteiger partial charge on any atom is 0.164 e. The molecule has 1 aromatic carbocycles. The third-order valence-electron chi connectivity index (χ3n) is 3.22. The number of aryl methyl sites for hydroxylation is 1. The second-order valence-corrected chi connectivity index (χ2v) is 6.11. The predicted molar refractivity (Wildman–Crippen MR) is 79.1 cm³/mol. The lowest BCUT2D eigenvalue weighted by Crippen LogP contribution is -2.21. The van der Waals surface area contributed by atoms with Gasteiger partial charge in [0, 0.05) is 24.0 Å². The van der Waals surface area contributed by atoms with E-state index in [4.69, 9.17) is 0 Å². The molecule has 0 fully saturated rings. The highest BCUT2D eigenvalue weighted by Gasteiger charge is 2.16. The normalized spacial score (nSPS) is 12.9. The summed E-state index contributed by atoms with van der Waals surface area (Å²) in [6, 6.07) is 3.86. The van der Waals surface area contributed by atoms with Gasteiger partial charge in [0.15, 0.2) is 11.6 Å². The smallest absolute Gasteiger partial charge is 0.164 e. The number of thiazole rings is 1. The second-order valence-electron chi connectivity index (χ2n) is 5.04. The molecule has 1 unspecified atom stereocenters. The summed E-state index contributed by atoms with van der Waals surface area (Å²) in [6.07, 6.45) is -0.680. The van der Waals surface area contributed by atoms with Crippen molar-refractivity contribution in [3.8, 4) is 0 Å². The Kier molecular flexibility index (Phi) is 5.39. The van der Waals surface area contributed by atoms with E-state index in [-0.39, 0.29) is 5.56 Å². The number of aromatic nitrogens is 1. The molecule has 2 aromatic rings. The Morgan fingerprint density at radius 2 is 2.14 bits per heavy atom. The van der Waals surface area contributed by atoms with Gasteiger partial charge in [-0.15, -0.1) is 11.3 Å². The van der Waals surface area contributed by atoms with Crippen LogP contribution in [0.3, 0.4) is 0 Å². The fourth-order valence-corrected chi connectivity index (χ4v) is 2.72. The lowest BCUT2D eigenvalue weighted by atomic mass is 10.1. The van der Waals surface area contributed by atoms with Crippen LogP contribution in [0.5, 0.6) is 0 Å². The number of hydrogen-bond donors (Lipinski definition) is 1. The summed E-state index contributed by atoms with van der Waals surface area (Å²) in [5.74, 6) is -1.90. The van der Waals surface area contributed by atoms with Gasteiger partial charge >= 0.3 is 0 Å². The van der Waals surface area contributed by atoms with Gasteiger partial charge in [-0.25, -0.2) is 13.8 Å². The van der Waals surface area contributed by atoms with E-state index in [9.17, 15) is 13.9 Å². The van der Waals surface area contributed by atoms with Crippen LogP contribution < -0.4 is 0 Å². The predicted octanol–water partition coefficient (Wildman–Crippen LogP) is 3.29. The molecule has 114 valence electrons. The van der Waals surface area contributed by atoms with Crippen molar-refractivity contribution in [2.75, 3.05) is 13.6 Å². The van der Waals surface area contributed by atoms with Gasteiger partial charge in [0.05, 0.1) is 16.8 Å². The summed E-state index contributed by atoms with van der Waals surface area (Å²) in [5.41, 5.74) is 0.985. The van der Waals surface area contributed by atoms with Crippen molar-refractivity contribution in [1.82, 2.24) is 9.88 Å². The molecule has 0 bridgehead atoms. The molecule has 1 heterocycles. The van der Waals surface area contributed by atoms with Crippen LogP contribution in [0.15, 0.2) is 23.6 Å². The van der Waals surface area contributed by atoms with Crippen molar-refractivity contribution < 1.29 is 13.9 Å². The van der Waals surface area contributed by atoms with Gasteiger partial charge < -0.3 is 10.0 Å². The molecule has 1 N–H and O–H groups in total. The standard InChI is InChI=1S/C15H18F2N2OS/c1-10-18-11(9-21-10)8-19(2)7-6-14(20)12-4-3-5-13(16)15(12)17/h3-5,9,14,20H,6-8H2,1-2H3. The van der Waals surface area contributed by atoms with E-state index in [1.54, 1.807) is 11.3 Å². The molecule has 1 aromatic heterocycles. The fourth-order valence-electron chi connectivity index (χ4n) is 2.11. The number of nitrogens with zero attached hydrogens (tertiary/aromatic N) is 2. The summed E-state index contributed by atoms with van der Waals surface area (Å²) in [4.78, 5) is 6.36. The Morgan fingerprint density at radius 1 is 1.38 bits per heavy atom. The van der Waals surface area contributed by atoms with Gasteiger partial charge in [0.2, 0.25) is 0 Å². The summed E-state index contributed by atoms with van der Waals surface area (Å²) >= 11 is 1.59. The molecular weight excluding hydrogens is 294 g/mol. The van der Waals surface area contributed by atoms with Gasteiger partial charge in [-0.2, -0.15) is 0 Å². The minimum Gasteiger partial charge on any atom is -0.388 e. The summed E-state index contributed by atoms with van der Waals surface area (Å²) in [5, 5.41) is 13.0. The molecule has 0 saturated carbocycles. The van der Waals surface area contributed by atoms with Gasteiger partial charge in [-0.1, -0.05) is 12.1 Å². The fraction of sp³-hybridized carbons (Fsp3) is 0.400. The molecule has 0 aliphatic heterocycles. The van der Waals surface area contributed by atoms with Gasteiger partial charge in [-0.05, 0) is 26.5 Å². The summed E-state index contributed by atoms with van der Waals surface area (Å²) < 4.78 is 26.7. The number of hydrogen-bond acceptors (Lipinski definition) is 4. The van der Waals surface area contributed by atoms with Crippen LogP contribution in [-0.2, 0) is 6.54 Å². The van der Waals surface area contributed by atoms with Crippen LogP contribution >= 0.6 is 11.3 Å². The largest absolute Gasteiger partial charge is 0.388 e. The zero-order valence-corrected chi connectivity index (χ0v) is 12.8. The van der Waals surface area contributed by atoms with E-state index in [1.807, 2.05) is 24.3 Å². The van der Waals surface area contributed by atoms with E-state index in [0.29, 0.717) is 19.5 Å². The highest BCUT2D eigenvalue weighted by molar-refractivity contribution is 7.09. The average Bonchev–Trinajstić information content (AvgIpc) is 2.84. The molecule has 0 aliphatic carbocycles. The van der Waals surface area contributed by atoms with Crippen molar-refractivity contribution in [3.05, 3.63) is 51.5 Å². The molecule has 1 atom stereocenters. The van der Waals surface area contributed by atoms with Crippen LogP contribution in [0.2, 0.25) is 0 Å². The Hall–Kier alpha value is -1.37. The van der Waals surface area contributed by atoms with Crippen LogP contribution in [0.25, 0.3) is 0 Å². The average molecular weight is 312 g/mol. The van der Waals surface area contributed by atoms with E-state index in [2.05, 4.69) is 4.98 Å². The molecule has 21 heavy (non-hydrogen) atoms. The molecule has 0 aliphatic rings. The lowest BCUT2D eigenvalue weighted by Gasteiger charge is -2.18. The summed E-state index contributed by atoms with van der Waals surface area (Å²) in [7, 11) is 1.91. The van der Waals surface area contributed by atoms with Crippen molar-refractivity contribution in [1.29, 1.82) is 0 Å². The highest BCUT2D eigenvalue weighted by Crippen LogP contribution is 2.22. The zero-order valence-electron chi connectivity index (χ0n) is 12.0. The maximum absolute atomic E-state index is 13.6. The Morgan fingerprint density at radius 3 is 2.81 bits per heavy atom. The van der Waals surface area contributed by atoms with Gasteiger partial charge in [0.1, 0.15) is 0 Å². The molecule has 0 saturated heterocycles. The molecule has 0 amide bonds. The van der Waals surface area contributed by atoms with Crippen LogP contribution in [-0.4, -0.2) is 28.6 Å².